The summed E-state index contributed by atoms with van der Waals surface area (Å²) in [5, 5.41) is 3.73. The maximum atomic E-state index is 12.9. The fourth-order valence-electron chi connectivity index (χ4n) is 3.13. The van der Waals surface area contributed by atoms with Gasteiger partial charge in [-0.1, -0.05) is 70.5 Å². The molecule has 3 aromatic rings. The lowest BCUT2D eigenvalue weighted by Gasteiger charge is -2.27. The number of hydrogen-bond acceptors (Lipinski definition) is 1. The van der Waals surface area contributed by atoms with E-state index in [2.05, 4.69) is 88.7 Å². The van der Waals surface area contributed by atoms with Crippen LogP contribution in [0.2, 0.25) is 0 Å². The second-order valence-electron chi connectivity index (χ2n) is 6.06. The van der Waals surface area contributed by atoms with Crippen LogP contribution in [-0.4, -0.2) is 16.8 Å². The van der Waals surface area contributed by atoms with Crippen molar-refractivity contribution in [2.24, 2.45) is 0 Å². The topological polar surface area (TPSA) is 17.1 Å². The lowest BCUT2D eigenvalue weighted by molar-refractivity contribution is -0.115. The Balaban J connectivity index is 2.29. The van der Waals surface area contributed by atoms with Crippen molar-refractivity contribution in [3.8, 4) is 0 Å². The first kappa shape index (κ1) is 18.0. The molecular formula is C22H21BrOP+. The first-order valence-corrected chi connectivity index (χ1v) is 11.3. The zero-order chi connectivity index (χ0) is 17.7. The van der Waals surface area contributed by atoms with Gasteiger partial charge in [-0.15, -0.1) is 0 Å². The lowest BCUT2D eigenvalue weighted by atomic mass is 10.3. The van der Waals surface area contributed by atoms with Gasteiger partial charge in [-0.25, -0.2) is 0 Å². The van der Waals surface area contributed by atoms with E-state index >= 15 is 0 Å². The van der Waals surface area contributed by atoms with Crippen LogP contribution in [-0.2, 0) is 4.79 Å². The van der Waals surface area contributed by atoms with E-state index in [1.165, 1.54) is 15.9 Å². The molecule has 1 atom stereocenters. The minimum absolute atomic E-state index is 0.150. The van der Waals surface area contributed by atoms with Crippen LogP contribution in [0.25, 0.3) is 0 Å². The van der Waals surface area contributed by atoms with E-state index in [0.29, 0.717) is 6.16 Å². The van der Waals surface area contributed by atoms with Crippen molar-refractivity contribution in [2.75, 3.05) is 6.16 Å². The van der Waals surface area contributed by atoms with Crippen molar-refractivity contribution < 1.29 is 4.79 Å². The quantitative estimate of drug-likeness (QED) is 0.435. The molecule has 0 saturated carbocycles. The highest BCUT2D eigenvalue weighted by Gasteiger charge is 2.47. The summed E-state index contributed by atoms with van der Waals surface area (Å²) in [6.45, 7) is 1.91. The summed E-state index contributed by atoms with van der Waals surface area (Å²) in [4.78, 5) is 12.7. The summed E-state index contributed by atoms with van der Waals surface area (Å²) in [5.74, 6) is 0.241. The van der Waals surface area contributed by atoms with Crippen molar-refractivity contribution >= 4 is 44.9 Å². The van der Waals surface area contributed by atoms with Crippen LogP contribution >= 0.6 is 23.2 Å². The molecule has 3 rings (SSSR count). The summed E-state index contributed by atoms with van der Waals surface area (Å²) < 4.78 is 0. The molecule has 25 heavy (non-hydrogen) atoms. The summed E-state index contributed by atoms with van der Waals surface area (Å²) in [6, 6.07) is 31.5. The summed E-state index contributed by atoms with van der Waals surface area (Å²) >= 11 is 3.48. The Morgan fingerprint density at radius 3 is 1.36 bits per heavy atom. The van der Waals surface area contributed by atoms with Gasteiger partial charge in [0, 0.05) is 0 Å². The minimum atomic E-state index is -2.04. The van der Waals surface area contributed by atoms with Gasteiger partial charge < -0.3 is 0 Å². The van der Waals surface area contributed by atoms with E-state index in [0.717, 1.165) is 0 Å². The largest absolute Gasteiger partial charge is 0.294 e. The monoisotopic (exact) mass is 411 g/mol. The Labute approximate surface area is 158 Å². The van der Waals surface area contributed by atoms with Gasteiger partial charge in [0.25, 0.3) is 0 Å². The third kappa shape index (κ3) is 3.76. The van der Waals surface area contributed by atoms with Gasteiger partial charge in [-0.05, 0) is 43.3 Å². The van der Waals surface area contributed by atoms with Crippen molar-refractivity contribution in [1.29, 1.82) is 0 Å². The van der Waals surface area contributed by atoms with Gasteiger partial charge >= 0.3 is 0 Å². The van der Waals surface area contributed by atoms with Crippen LogP contribution in [0.1, 0.15) is 6.92 Å². The number of Topliss-reactive ketones (excluding diaryl/α,β-unsaturated/α-hetero) is 1. The summed E-state index contributed by atoms with van der Waals surface area (Å²) in [6.07, 6.45) is 0.525. The standard InChI is InChI=1S/C22H21BrOP/c1-18(23)22(24)17-25(19-11-5-2-6-12-19,20-13-7-3-8-14-20)21-15-9-4-10-16-21/h2-16,18H,17H2,1H3/q+1. The molecule has 0 fully saturated rings. The number of benzene rings is 3. The van der Waals surface area contributed by atoms with Crippen molar-refractivity contribution in [2.45, 2.75) is 11.8 Å². The molecule has 1 unspecified atom stereocenters. The molecule has 0 bridgehead atoms. The second kappa shape index (κ2) is 8.08. The molecule has 0 aliphatic heterocycles. The van der Waals surface area contributed by atoms with Gasteiger partial charge in [0.05, 0.1) is 4.83 Å². The zero-order valence-corrected chi connectivity index (χ0v) is 16.7. The highest BCUT2D eigenvalue weighted by Crippen LogP contribution is 2.55. The van der Waals surface area contributed by atoms with Crippen LogP contribution in [0, 0.1) is 0 Å². The van der Waals surface area contributed by atoms with Crippen molar-refractivity contribution in [1.82, 2.24) is 0 Å². The van der Waals surface area contributed by atoms with Gasteiger partial charge in [0.15, 0.2) is 5.78 Å². The van der Waals surface area contributed by atoms with E-state index in [4.69, 9.17) is 0 Å². The molecule has 0 spiro atoms. The third-order valence-electron chi connectivity index (χ3n) is 4.43. The molecule has 0 heterocycles. The first-order valence-electron chi connectivity index (χ1n) is 8.36. The predicted octanol–water partition coefficient (Wildman–Crippen LogP) is 4.33. The molecule has 1 nitrogen and oxygen atoms in total. The van der Waals surface area contributed by atoms with Crippen LogP contribution in [0.3, 0.4) is 0 Å². The van der Waals surface area contributed by atoms with Gasteiger partial charge in [0.2, 0.25) is 0 Å². The Hall–Kier alpha value is -1.76. The van der Waals surface area contributed by atoms with Crippen molar-refractivity contribution in [3.63, 3.8) is 0 Å². The fourth-order valence-corrected chi connectivity index (χ4v) is 7.77. The summed E-state index contributed by atoms with van der Waals surface area (Å²) in [7, 11) is -2.04. The summed E-state index contributed by atoms with van der Waals surface area (Å²) in [5.41, 5.74) is 0. The highest BCUT2D eigenvalue weighted by atomic mass is 79.9. The van der Waals surface area contributed by atoms with E-state index in [-0.39, 0.29) is 10.6 Å². The fraction of sp³-hybridized carbons (Fsp3) is 0.136. The van der Waals surface area contributed by atoms with Crippen LogP contribution in [0.5, 0.6) is 0 Å². The number of rotatable bonds is 6. The number of ketones is 1. The van der Waals surface area contributed by atoms with Crippen LogP contribution < -0.4 is 15.9 Å². The molecule has 3 heteroatoms. The van der Waals surface area contributed by atoms with E-state index in [9.17, 15) is 4.79 Å². The van der Waals surface area contributed by atoms with Crippen LogP contribution in [0.15, 0.2) is 91.0 Å². The average molecular weight is 412 g/mol. The third-order valence-corrected chi connectivity index (χ3v) is 9.26. The number of alkyl halides is 1. The number of hydrogen-bond donors (Lipinski definition) is 0. The number of carbonyl (C=O) groups is 1. The smallest absolute Gasteiger partial charge is 0.184 e. The molecule has 126 valence electrons. The molecular weight excluding hydrogens is 391 g/mol. The molecule has 0 saturated heterocycles. The second-order valence-corrected chi connectivity index (χ2v) is 10.9. The van der Waals surface area contributed by atoms with E-state index in [1.807, 2.05) is 25.1 Å². The molecule has 3 aromatic carbocycles. The first-order chi connectivity index (χ1) is 12.1. The average Bonchev–Trinajstić information content (AvgIpc) is 2.68. The molecule has 0 N–H and O–H groups in total. The SMILES string of the molecule is CC(Br)C(=O)C[P+](c1ccccc1)(c1ccccc1)c1ccccc1. The number of carbonyl (C=O) groups excluding carboxylic acids is 1. The number of halogens is 1. The zero-order valence-electron chi connectivity index (χ0n) is 14.2. The maximum Gasteiger partial charge on any atom is 0.184 e. The Morgan fingerprint density at radius 2 is 1.08 bits per heavy atom. The van der Waals surface area contributed by atoms with Crippen LogP contribution in [0.4, 0.5) is 0 Å². The highest BCUT2D eigenvalue weighted by molar-refractivity contribution is 9.10. The van der Waals surface area contributed by atoms with E-state index < -0.39 is 7.26 Å². The van der Waals surface area contributed by atoms with Crippen molar-refractivity contribution in [3.05, 3.63) is 91.0 Å². The van der Waals surface area contributed by atoms with Gasteiger partial charge in [-0.3, -0.25) is 4.79 Å². The maximum absolute atomic E-state index is 12.9. The predicted molar refractivity (Wildman–Crippen MR) is 113 cm³/mol. The lowest BCUT2D eigenvalue weighted by Crippen LogP contribution is -2.37. The van der Waals surface area contributed by atoms with Gasteiger partial charge in [-0.2, -0.15) is 0 Å². The molecule has 0 amide bonds. The Bertz CT molecular complexity index is 720. The molecule has 0 aromatic heterocycles. The normalized spacial score (nSPS) is 12.6. The molecule has 0 aliphatic carbocycles. The van der Waals surface area contributed by atoms with Gasteiger partial charge in [0.1, 0.15) is 29.3 Å². The Kier molecular flexibility index (Phi) is 5.83. The molecule has 0 aliphatic rings. The Morgan fingerprint density at radius 1 is 0.760 bits per heavy atom. The molecule has 0 radical (unpaired) electrons. The van der Waals surface area contributed by atoms with E-state index in [1.54, 1.807) is 0 Å². The minimum Gasteiger partial charge on any atom is -0.294 e.